The minimum Gasteiger partial charge on any atom is -0.205 e. The van der Waals surface area contributed by atoms with E-state index in [1.165, 1.54) is 16.9 Å². The molecule has 2 heterocycles. The van der Waals surface area contributed by atoms with Crippen molar-refractivity contribution in [2.24, 2.45) is 0 Å². The smallest absolute Gasteiger partial charge is 0.194 e. The first-order valence-corrected chi connectivity index (χ1v) is 13.2. The van der Waals surface area contributed by atoms with Crippen LogP contribution in [0.3, 0.4) is 0 Å². The van der Waals surface area contributed by atoms with Crippen LogP contribution in [0.5, 0.6) is 0 Å². The van der Waals surface area contributed by atoms with E-state index in [9.17, 15) is 0 Å². The highest BCUT2D eigenvalue weighted by Gasteiger charge is 2.42. The van der Waals surface area contributed by atoms with Gasteiger partial charge in [-0.2, -0.15) is 0 Å². The van der Waals surface area contributed by atoms with Crippen LogP contribution in [0.15, 0.2) is 121 Å². The molecule has 0 amide bonds. The van der Waals surface area contributed by atoms with E-state index in [1.54, 1.807) is 0 Å². The molecular formula is C31H23ClN4S. The van der Waals surface area contributed by atoms with Gasteiger partial charge in [0.25, 0.3) is 0 Å². The zero-order valence-corrected chi connectivity index (χ0v) is 21.7. The molecule has 0 saturated carbocycles. The predicted molar refractivity (Wildman–Crippen MR) is 151 cm³/mol. The highest BCUT2D eigenvalue weighted by Crippen LogP contribution is 2.46. The first kappa shape index (κ1) is 23.3. The van der Waals surface area contributed by atoms with Gasteiger partial charge in [0.15, 0.2) is 5.82 Å². The van der Waals surface area contributed by atoms with Crippen molar-refractivity contribution in [3.8, 4) is 21.8 Å². The molecule has 0 fully saturated rings. The summed E-state index contributed by atoms with van der Waals surface area (Å²) in [6, 6.07) is 41.7. The lowest BCUT2D eigenvalue weighted by molar-refractivity contribution is 0.451. The summed E-state index contributed by atoms with van der Waals surface area (Å²) >= 11 is 8.11. The fraction of sp³-hybridized carbons (Fsp3) is 0.0645. The van der Waals surface area contributed by atoms with Gasteiger partial charge in [0.2, 0.25) is 0 Å². The van der Waals surface area contributed by atoms with Gasteiger partial charge in [-0.15, -0.1) is 16.4 Å². The Hall–Kier alpha value is -4.06. The van der Waals surface area contributed by atoms with E-state index in [2.05, 4.69) is 120 Å². The third kappa shape index (κ3) is 4.06. The third-order valence-electron chi connectivity index (χ3n) is 6.63. The van der Waals surface area contributed by atoms with Crippen molar-refractivity contribution in [2.45, 2.75) is 12.5 Å². The van der Waals surface area contributed by atoms with Crippen LogP contribution in [-0.4, -0.2) is 20.2 Å². The number of benzene rings is 4. The van der Waals surface area contributed by atoms with Crippen LogP contribution >= 0.6 is 22.9 Å². The van der Waals surface area contributed by atoms with Gasteiger partial charge in [-0.1, -0.05) is 132 Å². The van der Waals surface area contributed by atoms with Crippen LogP contribution in [0.2, 0.25) is 4.34 Å². The Bertz CT molecular complexity index is 1530. The number of aryl methyl sites for hydroxylation is 1. The standard InChI is InChI=1S/C31H23ClN4S/c1-22-17-19-23(20-18-22)27-21-28(32)37-29(27)30-33-34-35-36(30)31(24-11-5-2-6-12-24,25-13-7-3-8-14-25)26-15-9-4-10-16-26/h2-21H,1H3. The molecule has 0 aliphatic rings. The lowest BCUT2D eigenvalue weighted by atomic mass is 9.77. The highest BCUT2D eigenvalue weighted by atomic mass is 35.5. The third-order valence-corrected chi connectivity index (χ3v) is 7.89. The molecule has 180 valence electrons. The minimum absolute atomic E-state index is 0.657. The second-order valence-electron chi connectivity index (χ2n) is 8.88. The number of thiophene rings is 1. The van der Waals surface area contributed by atoms with Crippen molar-refractivity contribution >= 4 is 22.9 Å². The van der Waals surface area contributed by atoms with Crippen molar-refractivity contribution in [3.63, 3.8) is 0 Å². The molecule has 2 aromatic heterocycles. The van der Waals surface area contributed by atoms with Crippen LogP contribution in [0.25, 0.3) is 21.8 Å². The zero-order chi connectivity index (χ0) is 25.2. The molecular weight excluding hydrogens is 496 g/mol. The SMILES string of the molecule is Cc1ccc(-c2cc(Cl)sc2-c2nnnn2C(c2ccccc2)(c2ccccc2)c2ccccc2)cc1. The Morgan fingerprint density at radius 1 is 0.703 bits per heavy atom. The molecule has 0 N–H and O–H groups in total. The summed E-state index contributed by atoms with van der Waals surface area (Å²) in [5, 5.41) is 13.5. The van der Waals surface area contributed by atoms with E-state index >= 15 is 0 Å². The Morgan fingerprint density at radius 3 is 1.73 bits per heavy atom. The van der Waals surface area contributed by atoms with E-state index in [-0.39, 0.29) is 0 Å². The van der Waals surface area contributed by atoms with Gasteiger partial charge in [0.05, 0.1) is 9.21 Å². The fourth-order valence-corrected chi connectivity index (χ4v) is 6.15. The van der Waals surface area contributed by atoms with Crippen LogP contribution in [0.4, 0.5) is 0 Å². The van der Waals surface area contributed by atoms with E-state index < -0.39 is 5.54 Å². The van der Waals surface area contributed by atoms with E-state index in [0.29, 0.717) is 10.2 Å². The summed E-state index contributed by atoms with van der Waals surface area (Å²) in [5.74, 6) is 0.657. The largest absolute Gasteiger partial charge is 0.205 e. The van der Waals surface area contributed by atoms with Crippen LogP contribution < -0.4 is 0 Å². The number of nitrogens with zero attached hydrogens (tertiary/aromatic N) is 4. The average Bonchev–Trinajstić information content (AvgIpc) is 3.58. The van der Waals surface area contributed by atoms with Gasteiger partial charge in [-0.3, -0.25) is 0 Å². The van der Waals surface area contributed by atoms with Crippen LogP contribution in [0.1, 0.15) is 22.3 Å². The molecule has 0 saturated heterocycles. The van der Waals surface area contributed by atoms with Crippen LogP contribution in [-0.2, 0) is 5.54 Å². The van der Waals surface area contributed by atoms with Gasteiger partial charge in [-0.25, -0.2) is 4.68 Å². The van der Waals surface area contributed by atoms with Gasteiger partial charge in [0.1, 0.15) is 5.54 Å². The normalized spacial score (nSPS) is 11.5. The molecule has 0 aliphatic heterocycles. The first-order valence-electron chi connectivity index (χ1n) is 12.0. The molecule has 0 aliphatic carbocycles. The Balaban J connectivity index is 1.68. The Morgan fingerprint density at radius 2 is 1.22 bits per heavy atom. The van der Waals surface area contributed by atoms with Crippen molar-refractivity contribution in [1.29, 1.82) is 0 Å². The summed E-state index contributed by atoms with van der Waals surface area (Å²) in [5.41, 5.74) is 5.63. The maximum atomic E-state index is 6.62. The maximum Gasteiger partial charge on any atom is 0.194 e. The van der Waals surface area contributed by atoms with Crippen molar-refractivity contribution < 1.29 is 0 Å². The molecule has 0 radical (unpaired) electrons. The predicted octanol–water partition coefficient (Wildman–Crippen LogP) is 7.87. The van der Waals surface area contributed by atoms with E-state index in [4.69, 9.17) is 11.6 Å². The summed E-state index contributed by atoms with van der Waals surface area (Å²) in [6.07, 6.45) is 0. The van der Waals surface area contributed by atoms with Crippen LogP contribution in [0, 0.1) is 6.92 Å². The summed E-state index contributed by atoms with van der Waals surface area (Å²) < 4.78 is 2.64. The van der Waals surface area contributed by atoms with Crippen molar-refractivity contribution in [3.05, 3.63) is 148 Å². The fourth-order valence-electron chi connectivity index (χ4n) is 4.93. The molecule has 6 aromatic rings. The van der Waals surface area contributed by atoms with Gasteiger partial charge in [0, 0.05) is 5.56 Å². The Kier molecular flexibility index (Phi) is 6.16. The summed E-state index contributed by atoms with van der Waals surface area (Å²) in [7, 11) is 0. The number of tetrazole rings is 1. The molecule has 37 heavy (non-hydrogen) atoms. The molecule has 6 rings (SSSR count). The Labute approximate surface area is 224 Å². The lowest BCUT2D eigenvalue weighted by Crippen LogP contribution is -2.39. The zero-order valence-electron chi connectivity index (χ0n) is 20.1. The summed E-state index contributed by atoms with van der Waals surface area (Å²) in [4.78, 5) is 0.922. The highest BCUT2D eigenvalue weighted by molar-refractivity contribution is 7.19. The van der Waals surface area contributed by atoms with E-state index in [1.807, 2.05) is 28.9 Å². The van der Waals surface area contributed by atoms with Crippen molar-refractivity contribution in [2.75, 3.05) is 0 Å². The molecule has 4 aromatic carbocycles. The molecule has 4 nitrogen and oxygen atoms in total. The molecule has 0 bridgehead atoms. The minimum atomic E-state index is -0.816. The van der Waals surface area contributed by atoms with Gasteiger partial charge in [-0.05, 0) is 45.7 Å². The number of hydrogen-bond acceptors (Lipinski definition) is 4. The molecule has 0 atom stereocenters. The molecule has 6 heteroatoms. The maximum absolute atomic E-state index is 6.62. The number of hydrogen-bond donors (Lipinski definition) is 0. The van der Waals surface area contributed by atoms with E-state index in [0.717, 1.165) is 32.7 Å². The quantitative estimate of drug-likeness (QED) is 0.211. The number of rotatable bonds is 6. The lowest BCUT2D eigenvalue weighted by Gasteiger charge is -2.36. The number of aromatic nitrogens is 4. The van der Waals surface area contributed by atoms with Crippen molar-refractivity contribution in [1.82, 2.24) is 20.2 Å². The molecule has 0 unspecified atom stereocenters. The summed E-state index contributed by atoms with van der Waals surface area (Å²) in [6.45, 7) is 2.08. The van der Waals surface area contributed by atoms with Gasteiger partial charge < -0.3 is 0 Å². The second kappa shape index (κ2) is 9.77. The van der Waals surface area contributed by atoms with Gasteiger partial charge >= 0.3 is 0 Å². The average molecular weight is 519 g/mol. The number of halogens is 1. The second-order valence-corrected chi connectivity index (χ2v) is 10.6. The topological polar surface area (TPSA) is 43.6 Å². The molecule has 0 spiro atoms. The first-order chi connectivity index (χ1) is 18.2. The monoisotopic (exact) mass is 518 g/mol.